The molecular weight excluding hydrogens is 455 g/mol. The molecule has 1 aliphatic rings. The van der Waals surface area contributed by atoms with Crippen LogP contribution in [0.5, 0.6) is 0 Å². The summed E-state index contributed by atoms with van der Waals surface area (Å²) in [6, 6.07) is 22.0. The first-order valence-electron chi connectivity index (χ1n) is 11.2. The van der Waals surface area contributed by atoms with Gasteiger partial charge in [-0.3, -0.25) is 4.79 Å². The van der Waals surface area contributed by atoms with Crippen LogP contribution in [0.2, 0.25) is 0 Å². The van der Waals surface area contributed by atoms with Crippen molar-refractivity contribution in [1.29, 1.82) is 0 Å². The van der Waals surface area contributed by atoms with E-state index < -0.39 is 11.7 Å². The number of hydrogen-bond donors (Lipinski definition) is 0. The van der Waals surface area contributed by atoms with Crippen LogP contribution in [0, 0.1) is 0 Å². The summed E-state index contributed by atoms with van der Waals surface area (Å²) in [5.74, 6) is 0.803. The third kappa shape index (κ3) is 4.77. The van der Waals surface area contributed by atoms with Gasteiger partial charge in [-0.2, -0.15) is 13.2 Å². The fraction of sp³-hybridized carbons (Fsp3) is 0.185. The molecule has 178 valence electrons. The molecule has 35 heavy (non-hydrogen) atoms. The Morgan fingerprint density at radius 3 is 2.31 bits per heavy atom. The third-order valence-electron chi connectivity index (χ3n) is 6.06. The number of carbonyl (C=O) groups excluding carboxylic acids is 1. The van der Waals surface area contributed by atoms with Gasteiger partial charge < -0.3 is 14.2 Å². The van der Waals surface area contributed by atoms with Crippen LogP contribution in [-0.2, 0) is 6.18 Å². The van der Waals surface area contributed by atoms with E-state index in [1.807, 2.05) is 41.3 Å². The Labute approximate surface area is 200 Å². The van der Waals surface area contributed by atoms with Crippen LogP contribution >= 0.6 is 0 Å². The van der Waals surface area contributed by atoms with E-state index >= 15 is 0 Å². The summed E-state index contributed by atoms with van der Waals surface area (Å²) in [4.78, 5) is 21.4. The van der Waals surface area contributed by atoms with Crippen molar-refractivity contribution in [2.75, 3.05) is 31.1 Å². The quantitative estimate of drug-likeness (QED) is 0.362. The Bertz CT molecular complexity index is 1330. The van der Waals surface area contributed by atoms with E-state index in [1.54, 1.807) is 35.4 Å². The molecule has 0 saturated carbocycles. The largest absolute Gasteiger partial charge is 0.436 e. The van der Waals surface area contributed by atoms with Crippen molar-refractivity contribution in [2.45, 2.75) is 6.18 Å². The van der Waals surface area contributed by atoms with Gasteiger partial charge in [-0.15, -0.1) is 0 Å². The summed E-state index contributed by atoms with van der Waals surface area (Å²) in [5, 5.41) is 0. The van der Waals surface area contributed by atoms with Crippen LogP contribution in [0.4, 0.5) is 18.9 Å². The van der Waals surface area contributed by atoms with Gasteiger partial charge in [-0.1, -0.05) is 48.5 Å². The lowest BCUT2D eigenvalue weighted by atomic mass is 10.1. The van der Waals surface area contributed by atoms with Crippen LogP contribution in [0.3, 0.4) is 0 Å². The average molecular weight is 477 g/mol. The number of amides is 1. The van der Waals surface area contributed by atoms with Crippen molar-refractivity contribution in [1.82, 2.24) is 9.88 Å². The molecule has 5 nitrogen and oxygen atoms in total. The molecule has 0 N–H and O–H groups in total. The minimum Gasteiger partial charge on any atom is -0.436 e. The van der Waals surface area contributed by atoms with Gasteiger partial charge in [-0.25, -0.2) is 4.98 Å². The summed E-state index contributed by atoms with van der Waals surface area (Å²) in [6.07, 6.45) is -2.75. The first-order chi connectivity index (χ1) is 16.9. The standard InChI is InChI=1S/C27H22F3N3O2/c28-27(29,30)20-9-6-10-21(17-20)32-13-15-33(16-14-32)26(34)23-12-5-4-11-22(23)25-31-18-24(35-25)19-7-2-1-3-8-19/h1-12,17-18H,13-16H2. The van der Waals surface area contributed by atoms with Crippen molar-refractivity contribution in [3.8, 4) is 22.8 Å². The van der Waals surface area contributed by atoms with E-state index in [1.165, 1.54) is 6.07 Å². The molecule has 5 rings (SSSR count). The normalized spacial score (nSPS) is 14.3. The fourth-order valence-corrected chi connectivity index (χ4v) is 4.21. The zero-order valence-electron chi connectivity index (χ0n) is 18.7. The molecule has 0 radical (unpaired) electrons. The molecular formula is C27H22F3N3O2. The van der Waals surface area contributed by atoms with Crippen molar-refractivity contribution >= 4 is 11.6 Å². The summed E-state index contributed by atoms with van der Waals surface area (Å²) < 4.78 is 45.2. The molecule has 1 amide bonds. The smallest absolute Gasteiger partial charge is 0.416 e. The maximum absolute atomic E-state index is 13.4. The van der Waals surface area contributed by atoms with Gasteiger partial charge in [0.2, 0.25) is 5.89 Å². The van der Waals surface area contributed by atoms with E-state index in [0.29, 0.717) is 54.6 Å². The molecule has 2 heterocycles. The zero-order valence-corrected chi connectivity index (χ0v) is 18.7. The van der Waals surface area contributed by atoms with Gasteiger partial charge in [-0.05, 0) is 30.3 Å². The molecule has 0 bridgehead atoms. The van der Waals surface area contributed by atoms with Crippen molar-refractivity contribution in [2.24, 2.45) is 0 Å². The molecule has 8 heteroatoms. The third-order valence-corrected chi connectivity index (χ3v) is 6.06. The van der Waals surface area contributed by atoms with Gasteiger partial charge in [0.1, 0.15) is 0 Å². The maximum atomic E-state index is 13.4. The van der Waals surface area contributed by atoms with E-state index in [2.05, 4.69) is 4.98 Å². The average Bonchev–Trinajstić information content (AvgIpc) is 3.39. The maximum Gasteiger partial charge on any atom is 0.416 e. The zero-order chi connectivity index (χ0) is 24.4. The summed E-state index contributed by atoms with van der Waals surface area (Å²) >= 11 is 0. The second kappa shape index (κ2) is 9.29. The molecule has 0 unspecified atom stereocenters. The van der Waals surface area contributed by atoms with Crippen LogP contribution in [-0.4, -0.2) is 42.0 Å². The SMILES string of the molecule is O=C(c1ccccc1-c1ncc(-c2ccccc2)o1)N1CCN(c2cccc(C(F)(F)F)c2)CC1. The molecule has 0 atom stereocenters. The fourth-order valence-electron chi connectivity index (χ4n) is 4.21. The molecule has 3 aromatic carbocycles. The lowest BCUT2D eigenvalue weighted by Crippen LogP contribution is -2.49. The monoisotopic (exact) mass is 477 g/mol. The molecule has 4 aromatic rings. The number of piperazine rings is 1. The highest BCUT2D eigenvalue weighted by atomic mass is 19.4. The summed E-state index contributed by atoms with van der Waals surface area (Å²) in [5.41, 5.74) is 1.78. The highest BCUT2D eigenvalue weighted by Crippen LogP contribution is 2.32. The first-order valence-corrected chi connectivity index (χ1v) is 11.2. The Hall–Kier alpha value is -4.07. The number of anilines is 1. The van der Waals surface area contributed by atoms with Gasteiger partial charge in [0, 0.05) is 43.0 Å². The molecule has 0 spiro atoms. The summed E-state index contributed by atoms with van der Waals surface area (Å²) in [7, 11) is 0. The predicted octanol–water partition coefficient (Wildman–Crippen LogP) is 5.99. The number of rotatable bonds is 4. The van der Waals surface area contributed by atoms with Crippen molar-refractivity contribution < 1.29 is 22.4 Å². The van der Waals surface area contributed by atoms with Crippen LogP contribution in [0.1, 0.15) is 15.9 Å². The van der Waals surface area contributed by atoms with E-state index in [9.17, 15) is 18.0 Å². The minimum absolute atomic E-state index is 0.163. The predicted molar refractivity (Wildman–Crippen MR) is 127 cm³/mol. The molecule has 1 aromatic heterocycles. The second-order valence-electron chi connectivity index (χ2n) is 8.27. The number of halogens is 3. The Morgan fingerprint density at radius 1 is 0.857 bits per heavy atom. The van der Waals surface area contributed by atoms with Crippen LogP contribution in [0.15, 0.2) is 89.5 Å². The summed E-state index contributed by atoms with van der Waals surface area (Å²) in [6.45, 7) is 1.66. The second-order valence-corrected chi connectivity index (χ2v) is 8.27. The lowest BCUT2D eigenvalue weighted by Gasteiger charge is -2.36. The van der Waals surface area contributed by atoms with Crippen LogP contribution in [0.25, 0.3) is 22.8 Å². The van der Waals surface area contributed by atoms with E-state index in [0.717, 1.165) is 17.7 Å². The van der Waals surface area contributed by atoms with E-state index in [-0.39, 0.29) is 5.91 Å². The van der Waals surface area contributed by atoms with Gasteiger partial charge in [0.25, 0.3) is 5.91 Å². The Balaban J connectivity index is 1.32. The number of oxazole rings is 1. The lowest BCUT2D eigenvalue weighted by molar-refractivity contribution is -0.137. The Morgan fingerprint density at radius 2 is 1.57 bits per heavy atom. The number of aromatic nitrogens is 1. The van der Waals surface area contributed by atoms with Crippen molar-refractivity contribution in [3.05, 3.63) is 96.2 Å². The number of alkyl halides is 3. The van der Waals surface area contributed by atoms with Crippen molar-refractivity contribution in [3.63, 3.8) is 0 Å². The van der Waals surface area contributed by atoms with Gasteiger partial charge >= 0.3 is 6.18 Å². The molecule has 1 aliphatic heterocycles. The number of benzene rings is 3. The van der Waals surface area contributed by atoms with Gasteiger partial charge in [0.05, 0.1) is 17.3 Å². The molecule has 0 aliphatic carbocycles. The highest BCUT2D eigenvalue weighted by Gasteiger charge is 2.31. The first kappa shape index (κ1) is 22.7. The topological polar surface area (TPSA) is 49.6 Å². The molecule has 1 saturated heterocycles. The number of nitrogens with zero attached hydrogens (tertiary/aromatic N) is 3. The number of carbonyl (C=O) groups is 1. The van der Waals surface area contributed by atoms with E-state index in [4.69, 9.17) is 4.42 Å². The minimum atomic E-state index is -4.39. The Kier molecular flexibility index (Phi) is 6.03. The molecule has 1 fully saturated rings. The number of hydrogen-bond acceptors (Lipinski definition) is 4. The van der Waals surface area contributed by atoms with Gasteiger partial charge in [0.15, 0.2) is 5.76 Å². The van der Waals surface area contributed by atoms with Crippen LogP contribution < -0.4 is 4.90 Å². The highest BCUT2D eigenvalue weighted by molar-refractivity contribution is 6.00.